The fraction of sp³-hybridized carbons (Fsp3) is 0. The summed E-state index contributed by atoms with van der Waals surface area (Å²) < 4.78 is 30.5. The normalized spacial score (nSPS) is 10.2. The zero-order chi connectivity index (χ0) is 15.6. The number of nitrogens with zero attached hydrogens (tertiary/aromatic N) is 1. The molecule has 0 aromatic heterocycles. The maximum Gasteiger partial charge on any atom is 0.345 e. The number of esters is 1. The summed E-state index contributed by atoms with van der Waals surface area (Å²) in [5, 5.41) is 10.4. The molecule has 2 aromatic rings. The van der Waals surface area contributed by atoms with E-state index in [9.17, 15) is 23.7 Å². The van der Waals surface area contributed by atoms with E-state index in [1.807, 2.05) is 0 Å². The summed E-state index contributed by atoms with van der Waals surface area (Å²) in [6.07, 6.45) is 0. The van der Waals surface area contributed by atoms with Gasteiger partial charge in [0.1, 0.15) is 5.75 Å². The Hall–Kier alpha value is -2.54. The Balaban J connectivity index is 2.24. The molecule has 0 saturated carbocycles. The Morgan fingerprint density at radius 1 is 1.14 bits per heavy atom. The van der Waals surface area contributed by atoms with Crippen molar-refractivity contribution < 1.29 is 23.2 Å². The molecule has 2 aromatic carbocycles. The monoisotopic (exact) mass is 313 g/mol. The molecule has 5 nitrogen and oxygen atoms in total. The molecule has 0 saturated heterocycles. The van der Waals surface area contributed by atoms with E-state index in [0.29, 0.717) is 6.07 Å². The summed E-state index contributed by atoms with van der Waals surface area (Å²) in [7, 11) is 0. The van der Waals surface area contributed by atoms with E-state index in [1.165, 1.54) is 0 Å². The zero-order valence-electron chi connectivity index (χ0n) is 10.2. The van der Waals surface area contributed by atoms with Gasteiger partial charge in [0.15, 0.2) is 11.6 Å². The minimum absolute atomic E-state index is 0.132. The Morgan fingerprint density at radius 3 is 2.43 bits per heavy atom. The largest absolute Gasteiger partial charge is 0.423 e. The first kappa shape index (κ1) is 14.9. The third-order valence-electron chi connectivity index (χ3n) is 2.49. The Labute approximate surface area is 121 Å². The van der Waals surface area contributed by atoms with Crippen LogP contribution in [0.1, 0.15) is 10.4 Å². The number of nitro benzene ring substituents is 1. The number of hydrogen-bond donors (Lipinski definition) is 0. The molecule has 0 spiro atoms. The minimum Gasteiger partial charge on any atom is -0.423 e. The number of ether oxygens (including phenoxy) is 1. The van der Waals surface area contributed by atoms with Gasteiger partial charge in [0, 0.05) is 18.2 Å². The molecule has 0 N–H and O–H groups in total. The quantitative estimate of drug-likeness (QED) is 0.374. The first-order chi connectivity index (χ1) is 9.88. The molecule has 0 aliphatic carbocycles. The van der Waals surface area contributed by atoms with Crippen LogP contribution in [0, 0.1) is 21.7 Å². The van der Waals surface area contributed by atoms with Crippen molar-refractivity contribution in [3.63, 3.8) is 0 Å². The molecule has 0 amide bonds. The lowest BCUT2D eigenvalue weighted by Crippen LogP contribution is -2.09. The van der Waals surface area contributed by atoms with Crippen molar-refractivity contribution in [2.75, 3.05) is 0 Å². The Kier molecular flexibility index (Phi) is 4.13. The molecular formula is C13H6ClF2NO4. The zero-order valence-corrected chi connectivity index (χ0v) is 10.9. The molecule has 21 heavy (non-hydrogen) atoms. The number of halogens is 3. The molecule has 0 bridgehead atoms. The van der Waals surface area contributed by atoms with Crippen LogP contribution in [0.4, 0.5) is 14.5 Å². The predicted octanol–water partition coefficient (Wildman–Crippen LogP) is 3.75. The highest BCUT2D eigenvalue weighted by molar-refractivity contribution is 6.33. The van der Waals surface area contributed by atoms with E-state index < -0.39 is 22.5 Å². The van der Waals surface area contributed by atoms with Gasteiger partial charge in [0.25, 0.3) is 5.69 Å². The van der Waals surface area contributed by atoms with Crippen LogP contribution in [0.2, 0.25) is 5.02 Å². The molecule has 0 heterocycles. The number of non-ortho nitro benzene ring substituents is 1. The Morgan fingerprint density at radius 2 is 1.86 bits per heavy atom. The van der Waals surface area contributed by atoms with Gasteiger partial charge >= 0.3 is 5.97 Å². The SMILES string of the molecule is O=C(Oc1ccc(F)c(F)c1)c1ccc([N+](=O)[O-])cc1Cl. The minimum atomic E-state index is -1.17. The van der Waals surface area contributed by atoms with Crippen LogP contribution in [0.25, 0.3) is 0 Å². The maximum atomic E-state index is 13.0. The van der Waals surface area contributed by atoms with E-state index in [1.54, 1.807) is 0 Å². The lowest BCUT2D eigenvalue weighted by Gasteiger charge is -2.06. The number of carbonyl (C=O) groups is 1. The molecule has 0 unspecified atom stereocenters. The number of nitro groups is 1. The highest BCUT2D eigenvalue weighted by atomic mass is 35.5. The van der Waals surface area contributed by atoms with Crippen LogP contribution in [-0.2, 0) is 0 Å². The van der Waals surface area contributed by atoms with E-state index in [0.717, 1.165) is 30.3 Å². The van der Waals surface area contributed by atoms with Gasteiger partial charge in [0.2, 0.25) is 0 Å². The van der Waals surface area contributed by atoms with E-state index in [-0.39, 0.29) is 22.0 Å². The molecule has 0 aliphatic rings. The van der Waals surface area contributed by atoms with Crippen LogP contribution in [0.15, 0.2) is 36.4 Å². The molecule has 2 rings (SSSR count). The van der Waals surface area contributed by atoms with Crippen molar-refractivity contribution >= 4 is 23.3 Å². The van der Waals surface area contributed by atoms with E-state index in [2.05, 4.69) is 0 Å². The standard InChI is InChI=1S/C13H6ClF2NO4/c14-10-5-7(17(19)20)1-3-9(10)13(18)21-8-2-4-11(15)12(16)6-8/h1-6H. The summed E-state index contributed by atoms with van der Waals surface area (Å²) >= 11 is 5.75. The molecule has 0 fully saturated rings. The highest BCUT2D eigenvalue weighted by Crippen LogP contribution is 2.24. The second-order valence-electron chi connectivity index (χ2n) is 3.89. The van der Waals surface area contributed by atoms with Gasteiger partial charge in [-0.1, -0.05) is 11.6 Å². The lowest BCUT2D eigenvalue weighted by molar-refractivity contribution is -0.384. The molecular weight excluding hydrogens is 308 g/mol. The predicted molar refractivity (Wildman–Crippen MR) is 69.4 cm³/mol. The van der Waals surface area contributed by atoms with Gasteiger partial charge in [-0.25, -0.2) is 13.6 Å². The van der Waals surface area contributed by atoms with Crippen molar-refractivity contribution in [3.8, 4) is 5.75 Å². The average molecular weight is 314 g/mol. The van der Waals surface area contributed by atoms with Crippen LogP contribution in [0.5, 0.6) is 5.75 Å². The molecule has 0 atom stereocenters. The molecule has 0 radical (unpaired) electrons. The smallest absolute Gasteiger partial charge is 0.345 e. The summed E-state index contributed by atoms with van der Waals surface area (Å²) in [6, 6.07) is 5.75. The maximum absolute atomic E-state index is 13.0. The van der Waals surface area contributed by atoms with Gasteiger partial charge in [-0.15, -0.1) is 0 Å². The van der Waals surface area contributed by atoms with E-state index in [4.69, 9.17) is 16.3 Å². The van der Waals surface area contributed by atoms with Crippen LogP contribution < -0.4 is 4.74 Å². The van der Waals surface area contributed by atoms with Gasteiger partial charge in [0.05, 0.1) is 15.5 Å². The number of rotatable bonds is 3. The second kappa shape index (κ2) is 5.84. The average Bonchev–Trinajstić information content (AvgIpc) is 2.42. The number of carbonyl (C=O) groups excluding carboxylic acids is 1. The lowest BCUT2D eigenvalue weighted by atomic mass is 10.2. The third kappa shape index (κ3) is 3.32. The topological polar surface area (TPSA) is 69.4 Å². The summed E-state index contributed by atoms with van der Waals surface area (Å²) in [5.41, 5.74) is -0.420. The summed E-state index contributed by atoms with van der Waals surface area (Å²) in [6.45, 7) is 0. The van der Waals surface area contributed by atoms with E-state index >= 15 is 0 Å². The van der Waals surface area contributed by atoms with Crippen LogP contribution >= 0.6 is 11.6 Å². The second-order valence-corrected chi connectivity index (χ2v) is 4.29. The van der Waals surface area contributed by atoms with Crippen LogP contribution in [-0.4, -0.2) is 10.9 Å². The fourth-order valence-electron chi connectivity index (χ4n) is 1.49. The first-order valence-corrected chi connectivity index (χ1v) is 5.87. The van der Waals surface area contributed by atoms with Gasteiger partial charge in [-0.3, -0.25) is 10.1 Å². The van der Waals surface area contributed by atoms with Crippen LogP contribution in [0.3, 0.4) is 0 Å². The highest BCUT2D eigenvalue weighted by Gasteiger charge is 2.17. The summed E-state index contributed by atoms with van der Waals surface area (Å²) in [4.78, 5) is 21.7. The third-order valence-corrected chi connectivity index (χ3v) is 2.80. The summed E-state index contributed by atoms with van der Waals surface area (Å²) in [5.74, 6) is -3.41. The first-order valence-electron chi connectivity index (χ1n) is 5.49. The molecule has 0 aliphatic heterocycles. The van der Waals surface area contributed by atoms with Crippen molar-refractivity contribution in [2.45, 2.75) is 0 Å². The van der Waals surface area contributed by atoms with Crippen molar-refractivity contribution in [1.29, 1.82) is 0 Å². The fourth-order valence-corrected chi connectivity index (χ4v) is 1.74. The molecule has 108 valence electrons. The van der Waals surface area contributed by atoms with Crippen molar-refractivity contribution in [1.82, 2.24) is 0 Å². The van der Waals surface area contributed by atoms with Gasteiger partial charge < -0.3 is 4.74 Å². The number of hydrogen-bond acceptors (Lipinski definition) is 4. The Bertz CT molecular complexity index is 736. The molecule has 8 heteroatoms. The van der Waals surface area contributed by atoms with Crippen molar-refractivity contribution in [2.24, 2.45) is 0 Å². The van der Waals surface area contributed by atoms with Gasteiger partial charge in [-0.2, -0.15) is 0 Å². The van der Waals surface area contributed by atoms with Crippen molar-refractivity contribution in [3.05, 3.63) is 68.7 Å². The number of benzene rings is 2. The van der Waals surface area contributed by atoms with Gasteiger partial charge in [-0.05, 0) is 18.2 Å².